The van der Waals surface area contributed by atoms with E-state index in [9.17, 15) is 9.59 Å². The third-order valence-electron chi connectivity index (χ3n) is 2.99. The van der Waals surface area contributed by atoms with Crippen molar-refractivity contribution in [3.8, 4) is 0 Å². The standard InChI is InChI=1S/C12H23N3O2/c1-3-14-11(16)5-4-6-12(17)15-8-7-13-9-10(15)2/h10,13H,3-9H2,1-2H3,(H,14,16). The molecule has 98 valence electrons. The molecule has 1 unspecified atom stereocenters. The number of nitrogens with zero attached hydrogens (tertiary/aromatic N) is 1. The molecule has 1 aliphatic heterocycles. The summed E-state index contributed by atoms with van der Waals surface area (Å²) in [6.45, 7) is 7.11. The summed E-state index contributed by atoms with van der Waals surface area (Å²) in [5, 5.41) is 5.99. The molecule has 2 N–H and O–H groups in total. The van der Waals surface area contributed by atoms with E-state index in [1.165, 1.54) is 0 Å². The Labute approximate surface area is 103 Å². The van der Waals surface area contributed by atoms with Crippen molar-refractivity contribution in [3.05, 3.63) is 0 Å². The first-order valence-corrected chi connectivity index (χ1v) is 6.42. The van der Waals surface area contributed by atoms with E-state index in [0.29, 0.717) is 25.8 Å². The quantitative estimate of drug-likeness (QED) is 0.718. The lowest BCUT2D eigenvalue weighted by molar-refractivity contribution is -0.134. The van der Waals surface area contributed by atoms with Gasteiger partial charge in [0.15, 0.2) is 0 Å². The van der Waals surface area contributed by atoms with Crippen molar-refractivity contribution in [1.82, 2.24) is 15.5 Å². The molecule has 5 nitrogen and oxygen atoms in total. The fraction of sp³-hybridized carbons (Fsp3) is 0.833. The molecule has 0 aromatic rings. The second-order valence-corrected chi connectivity index (χ2v) is 4.45. The lowest BCUT2D eigenvalue weighted by atomic mass is 10.1. The highest BCUT2D eigenvalue weighted by Gasteiger charge is 2.22. The second kappa shape index (κ2) is 7.27. The molecule has 1 saturated heterocycles. The Kier molecular flexibility index (Phi) is 5.97. The van der Waals surface area contributed by atoms with Gasteiger partial charge in [0.1, 0.15) is 0 Å². The summed E-state index contributed by atoms with van der Waals surface area (Å²) in [5.74, 6) is 0.206. The zero-order valence-electron chi connectivity index (χ0n) is 10.8. The minimum absolute atomic E-state index is 0.0358. The number of rotatable bonds is 5. The van der Waals surface area contributed by atoms with Gasteiger partial charge in [-0.25, -0.2) is 0 Å². The minimum Gasteiger partial charge on any atom is -0.356 e. The molecule has 1 aliphatic rings. The molecule has 17 heavy (non-hydrogen) atoms. The van der Waals surface area contributed by atoms with Gasteiger partial charge in [0.25, 0.3) is 0 Å². The SMILES string of the molecule is CCNC(=O)CCCC(=O)N1CCNCC1C. The van der Waals surface area contributed by atoms with Crippen LogP contribution in [0.2, 0.25) is 0 Å². The zero-order valence-corrected chi connectivity index (χ0v) is 10.8. The lowest BCUT2D eigenvalue weighted by Gasteiger charge is -2.34. The van der Waals surface area contributed by atoms with Gasteiger partial charge in [0.2, 0.25) is 11.8 Å². The first-order chi connectivity index (χ1) is 8.15. The topological polar surface area (TPSA) is 61.4 Å². The van der Waals surface area contributed by atoms with E-state index in [1.54, 1.807) is 0 Å². The molecule has 0 saturated carbocycles. The number of carbonyl (C=O) groups excluding carboxylic acids is 2. The van der Waals surface area contributed by atoms with Crippen LogP contribution in [0.3, 0.4) is 0 Å². The van der Waals surface area contributed by atoms with Gasteiger partial charge in [-0.2, -0.15) is 0 Å². The zero-order chi connectivity index (χ0) is 12.7. The van der Waals surface area contributed by atoms with Crippen molar-refractivity contribution in [2.45, 2.75) is 39.2 Å². The van der Waals surface area contributed by atoms with Crippen LogP contribution in [-0.2, 0) is 9.59 Å². The number of amides is 2. The molecule has 0 aromatic carbocycles. The molecule has 1 heterocycles. The van der Waals surface area contributed by atoms with Crippen LogP contribution in [0.1, 0.15) is 33.1 Å². The van der Waals surface area contributed by atoms with Gasteiger partial charge in [-0.1, -0.05) is 0 Å². The van der Waals surface area contributed by atoms with Crippen molar-refractivity contribution >= 4 is 11.8 Å². The van der Waals surface area contributed by atoms with E-state index in [4.69, 9.17) is 0 Å². The average molecular weight is 241 g/mol. The third-order valence-corrected chi connectivity index (χ3v) is 2.99. The summed E-state index contributed by atoms with van der Waals surface area (Å²) in [5.41, 5.74) is 0. The molecular weight excluding hydrogens is 218 g/mol. The van der Waals surface area contributed by atoms with Crippen molar-refractivity contribution in [2.75, 3.05) is 26.2 Å². The summed E-state index contributed by atoms with van der Waals surface area (Å²) >= 11 is 0. The summed E-state index contributed by atoms with van der Waals surface area (Å²) in [4.78, 5) is 25.0. The molecule has 0 aliphatic carbocycles. The average Bonchev–Trinajstić information content (AvgIpc) is 2.29. The number of carbonyl (C=O) groups is 2. The van der Waals surface area contributed by atoms with Gasteiger partial charge in [0, 0.05) is 45.1 Å². The van der Waals surface area contributed by atoms with E-state index in [0.717, 1.165) is 19.6 Å². The van der Waals surface area contributed by atoms with Gasteiger partial charge >= 0.3 is 0 Å². The van der Waals surface area contributed by atoms with Crippen molar-refractivity contribution in [1.29, 1.82) is 0 Å². The van der Waals surface area contributed by atoms with Gasteiger partial charge < -0.3 is 15.5 Å². The largest absolute Gasteiger partial charge is 0.356 e. The fourth-order valence-corrected chi connectivity index (χ4v) is 2.04. The normalized spacial score (nSPS) is 20.1. The predicted octanol–water partition coefficient (Wildman–Crippen LogP) is 0.113. The Morgan fingerprint density at radius 3 is 2.82 bits per heavy atom. The molecule has 0 bridgehead atoms. The van der Waals surface area contributed by atoms with Gasteiger partial charge in [-0.05, 0) is 20.3 Å². The van der Waals surface area contributed by atoms with Crippen LogP contribution in [-0.4, -0.2) is 48.9 Å². The maximum Gasteiger partial charge on any atom is 0.222 e. The molecule has 2 amide bonds. The highest BCUT2D eigenvalue weighted by Crippen LogP contribution is 2.07. The molecule has 1 rings (SSSR count). The number of hydrogen-bond donors (Lipinski definition) is 2. The first kappa shape index (κ1) is 14.0. The van der Waals surface area contributed by atoms with E-state index < -0.39 is 0 Å². The van der Waals surface area contributed by atoms with Crippen LogP contribution in [0.4, 0.5) is 0 Å². The highest BCUT2D eigenvalue weighted by molar-refractivity contribution is 5.79. The fourth-order valence-electron chi connectivity index (χ4n) is 2.04. The highest BCUT2D eigenvalue weighted by atomic mass is 16.2. The van der Waals surface area contributed by atoms with Crippen molar-refractivity contribution in [2.24, 2.45) is 0 Å². The van der Waals surface area contributed by atoms with E-state index in [2.05, 4.69) is 10.6 Å². The molecule has 5 heteroatoms. The van der Waals surface area contributed by atoms with Crippen molar-refractivity contribution in [3.63, 3.8) is 0 Å². The summed E-state index contributed by atoms with van der Waals surface area (Å²) in [6, 6.07) is 0.265. The van der Waals surface area contributed by atoms with Gasteiger partial charge in [-0.15, -0.1) is 0 Å². The summed E-state index contributed by atoms with van der Waals surface area (Å²) < 4.78 is 0. The van der Waals surface area contributed by atoms with Crippen LogP contribution >= 0.6 is 0 Å². The molecule has 0 spiro atoms. The molecule has 1 fully saturated rings. The predicted molar refractivity (Wildman–Crippen MR) is 66.6 cm³/mol. The van der Waals surface area contributed by atoms with Gasteiger partial charge in [-0.3, -0.25) is 9.59 Å². The van der Waals surface area contributed by atoms with E-state index in [-0.39, 0.29) is 17.9 Å². The Hall–Kier alpha value is -1.10. The van der Waals surface area contributed by atoms with Crippen LogP contribution in [0.15, 0.2) is 0 Å². The molecule has 1 atom stereocenters. The maximum absolute atomic E-state index is 11.9. The minimum atomic E-state index is 0.0358. The van der Waals surface area contributed by atoms with Crippen LogP contribution in [0.5, 0.6) is 0 Å². The van der Waals surface area contributed by atoms with Crippen LogP contribution in [0.25, 0.3) is 0 Å². The Morgan fingerprint density at radius 1 is 1.41 bits per heavy atom. The monoisotopic (exact) mass is 241 g/mol. The lowest BCUT2D eigenvalue weighted by Crippen LogP contribution is -2.52. The number of piperazine rings is 1. The Bertz CT molecular complexity index is 268. The molecule has 0 aromatic heterocycles. The van der Waals surface area contributed by atoms with Crippen LogP contribution < -0.4 is 10.6 Å². The summed E-state index contributed by atoms with van der Waals surface area (Å²) in [6.07, 6.45) is 1.56. The van der Waals surface area contributed by atoms with Crippen LogP contribution in [0, 0.1) is 0 Å². The summed E-state index contributed by atoms with van der Waals surface area (Å²) in [7, 11) is 0. The van der Waals surface area contributed by atoms with E-state index in [1.807, 2.05) is 18.7 Å². The Balaban J connectivity index is 2.22. The molecular formula is C12H23N3O2. The number of hydrogen-bond acceptors (Lipinski definition) is 3. The Morgan fingerprint density at radius 2 is 2.18 bits per heavy atom. The van der Waals surface area contributed by atoms with Gasteiger partial charge in [0.05, 0.1) is 0 Å². The van der Waals surface area contributed by atoms with E-state index >= 15 is 0 Å². The molecule has 0 radical (unpaired) electrons. The smallest absolute Gasteiger partial charge is 0.222 e. The second-order valence-electron chi connectivity index (χ2n) is 4.45. The van der Waals surface area contributed by atoms with Crippen molar-refractivity contribution < 1.29 is 9.59 Å². The maximum atomic E-state index is 11.9. The number of nitrogens with one attached hydrogen (secondary N) is 2. The first-order valence-electron chi connectivity index (χ1n) is 6.42. The third kappa shape index (κ3) is 4.73.